The van der Waals surface area contributed by atoms with E-state index in [0.29, 0.717) is 17.8 Å². The monoisotopic (exact) mass is 528 g/mol. The molecule has 1 aliphatic heterocycles. The van der Waals surface area contributed by atoms with Gasteiger partial charge in [0.25, 0.3) is 0 Å². The minimum Gasteiger partial charge on any atom is -0.443 e. The normalized spacial score (nSPS) is 16.3. The Morgan fingerprint density at radius 3 is 2.79 bits per heavy atom. The van der Waals surface area contributed by atoms with Crippen molar-refractivity contribution in [3.63, 3.8) is 0 Å². The summed E-state index contributed by atoms with van der Waals surface area (Å²) in [7, 11) is 0. The highest BCUT2D eigenvalue weighted by Gasteiger charge is 2.23. The average molecular weight is 529 g/mol. The van der Waals surface area contributed by atoms with E-state index in [0.717, 1.165) is 59.0 Å². The summed E-state index contributed by atoms with van der Waals surface area (Å²) in [6.45, 7) is 6.40. The Bertz CT molecular complexity index is 1650. The Hall–Kier alpha value is -4.02. The lowest BCUT2D eigenvalue weighted by Gasteiger charge is -2.23. The smallest absolute Gasteiger partial charge is 0.419 e. The Kier molecular flexibility index (Phi) is 6.44. The molecule has 1 atom stereocenters. The second-order valence-corrected chi connectivity index (χ2v) is 11.0. The molecule has 4 heterocycles. The molecule has 10 nitrogen and oxygen atoms in total. The highest BCUT2D eigenvalue weighted by atomic mass is 16.6. The maximum atomic E-state index is 12.9. The van der Waals surface area contributed by atoms with Crippen LogP contribution in [-0.4, -0.2) is 52.7 Å². The Balaban J connectivity index is 1.29. The Morgan fingerprint density at radius 1 is 1.15 bits per heavy atom. The highest BCUT2D eigenvalue weighted by Crippen LogP contribution is 2.31. The molecule has 3 aromatic heterocycles. The fourth-order valence-corrected chi connectivity index (χ4v) is 5.17. The van der Waals surface area contributed by atoms with Gasteiger partial charge in [0.2, 0.25) is 0 Å². The van der Waals surface area contributed by atoms with Crippen LogP contribution < -0.4 is 0 Å². The highest BCUT2D eigenvalue weighted by molar-refractivity contribution is 5.93. The summed E-state index contributed by atoms with van der Waals surface area (Å²) in [6, 6.07) is 13.7. The zero-order valence-corrected chi connectivity index (χ0v) is 22.4. The SMILES string of the molecule is CC(C)(C)OC(=O)n1c(CO)cc2ccc(Cn3cc(-c4cccc5c4cnn5C4CCCCO4)nn3)cc21. The molecular weight excluding hydrogens is 496 g/mol. The van der Waals surface area contributed by atoms with Crippen molar-refractivity contribution in [3.8, 4) is 11.3 Å². The number of fused-ring (bicyclic) bond motifs is 2. The van der Waals surface area contributed by atoms with Gasteiger partial charge < -0.3 is 14.6 Å². The van der Waals surface area contributed by atoms with Crippen molar-refractivity contribution >= 4 is 27.9 Å². The van der Waals surface area contributed by atoms with Gasteiger partial charge in [0.15, 0.2) is 6.23 Å². The third-order valence-electron chi connectivity index (χ3n) is 6.91. The topological polar surface area (TPSA) is 109 Å². The van der Waals surface area contributed by atoms with Gasteiger partial charge in [0.05, 0.1) is 42.3 Å². The molecule has 1 unspecified atom stereocenters. The molecule has 1 aliphatic rings. The van der Waals surface area contributed by atoms with Crippen molar-refractivity contribution in [3.05, 3.63) is 66.1 Å². The molecule has 0 bridgehead atoms. The van der Waals surface area contributed by atoms with Gasteiger partial charge in [0.1, 0.15) is 11.3 Å². The van der Waals surface area contributed by atoms with Gasteiger partial charge in [-0.15, -0.1) is 5.10 Å². The second kappa shape index (κ2) is 9.94. The van der Waals surface area contributed by atoms with E-state index in [1.165, 1.54) is 4.57 Å². The van der Waals surface area contributed by atoms with E-state index >= 15 is 0 Å². The summed E-state index contributed by atoms with van der Waals surface area (Å²) in [6.07, 6.45) is 6.41. The molecule has 0 spiro atoms. The van der Waals surface area contributed by atoms with Crippen LogP contribution in [0.2, 0.25) is 0 Å². The van der Waals surface area contributed by atoms with Crippen molar-refractivity contribution in [2.24, 2.45) is 0 Å². The summed E-state index contributed by atoms with van der Waals surface area (Å²) in [5, 5.41) is 25.2. The summed E-state index contributed by atoms with van der Waals surface area (Å²) >= 11 is 0. The number of nitrogens with zero attached hydrogens (tertiary/aromatic N) is 6. The van der Waals surface area contributed by atoms with Gasteiger partial charge in [-0.25, -0.2) is 18.7 Å². The van der Waals surface area contributed by atoms with E-state index in [1.54, 1.807) is 10.7 Å². The molecule has 0 amide bonds. The van der Waals surface area contributed by atoms with Crippen LogP contribution >= 0.6 is 0 Å². The lowest BCUT2D eigenvalue weighted by atomic mass is 10.1. The summed E-state index contributed by atoms with van der Waals surface area (Å²) in [5.74, 6) is 0. The number of hydrogen-bond donors (Lipinski definition) is 1. The summed E-state index contributed by atoms with van der Waals surface area (Å²) < 4.78 is 16.7. The first-order valence-electron chi connectivity index (χ1n) is 13.3. The standard InChI is InChI=1S/C29H32N6O4/c1-29(2,3)39-28(37)34-21(18-36)14-20-11-10-19(13-26(20)34)16-33-17-24(31-32-33)22-7-6-8-25-23(22)15-30-35(25)27-9-4-5-12-38-27/h6-8,10-11,13-15,17,27,36H,4-5,9,12,16,18H2,1-3H3. The third kappa shape index (κ3) is 4.93. The third-order valence-corrected chi connectivity index (χ3v) is 6.91. The molecular formula is C29H32N6O4. The van der Waals surface area contributed by atoms with Crippen LogP contribution in [0.25, 0.3) is 33.1 Å². The van der Waals surface area contributed by atoms with Crippen LogP contribution in [0, 0.1) is 0 Å². The quantitative estimate of drug-likeness (QED) is 0.331. The fraction of sp³-hybridized carbons (Fsp3) is 0.379. The molecule has 1 N–H and O–H groups in total. The fourth-order valence-electron chi connectivity index (χ4n) is 5.17. The summed E-state index contributed by atoms with van der Waals surface area (Å²) in [4.78, 5) is 12.9. The predicted molar refractivity (Wildman–Crippen MR) is 146 cm³/mol. The number of hydrogen-bond acceptors (Lipinski definition) is 7. The number of aliphatic hydroxyl groups is 1. The minimum atomic E-state index is -0.655. The molecule has 1 fully saturated rings. The van der Waals surface area contributed by atoms with Gasteiger partial charge >= 0.3 is 6.09 Å². The number of benzene rings is 2. The van der Waals surface area contributed by atoms with Crippen LogP contribution in [0.1, 0.15) is 57.5 Å². The zero-order chi connectivity index (χ0) is 27.1. The lowest BCUT2D eigenvalue weighted by molar-refractivity contribution is -0.0366. The molecule has 0 aliphatic carbocycles. The second-order valence-electron chi connectivity index (χ2n) is 11.0. The molecule has 6 rings (SSSR count). The van der Waals surface area contributed by atoms with Crippen molar-refractivity contribution in [1.29, 1.82) is 0 Å². The van der Waals surface area contributed by atoms with Gasteiger partial charge in [0, 0.05) is 22.9 Å². The van der Waals surface area contributed by atoms with E-state index in [1.807, 2.05) is 68.2 Å². The average Bonchev–Trinajstić information content (AvgIpc) is 3.64. The predicted octanol–water partition coefficient (Wildman–Crippen LogP) is 5.27. The van der Waals surface area contributed by atoms with Gasteiger partial charge in [-0.05, 0) is 63.8 Å². The van der Waals surface area contributed by atoms with E-state index < -0.39 is 11.7 Å². The lowest BCUT2D eigenvalue weighted by Crippen LogP contribution is -2.28. The van der Waals surface area contributed by atoms with E-state index in [2.05, 4.69) is 21.5 Å². The number of carbonyl (C=O) groups is 1. The largest absolute Gasteiger partial charge is 0.443 e. The van der Waals surface area contributed by atoms with Crippen molar-refractivity contribution in [1.82, 2.24) is 29.3 Å². The van der Waals surface area contributed by atoms with E-state index in [-0.39, 0.29) is 12.8 Å². The van der Waals surface area contributed by atoms with Crippen molar-refractivity contribution in [2.75, 3.05) is 6.61 Å². The minimum absolute atomic E-state index is 0.0388. The Morgan fingerprint density at radius 2 is 2.03 bits per heavy atom. The van der Waals surface area contributed by atoms with Crippen molar-refractivity contribution < 1.29 is 19.4 Å². The van der Waals surface area contributed by atoms with Crippen LogP contribution in [0.15, 0.2) is 54.9 Å². The molecule has 2 aromatic carbocycles. The number of aliphatic hydroxyl groups excluding tert-OH is 1. The molecule has 0 radical (unpaired) electrons. The molecule has 0 saturated carbocycles. The maximum absolute atomic E-state index is 12.9. The first-order chi connectivity index (χ1) is 18.8. The van der Waals surface area contributed by atoms with Crippen LogP contribution in [0.3, 0.4) is 0 Å². The Labute approximate surface area is 225 Å². The first-order valence-corrected chi connectivity index (χ1v) is 13.3. The van der Waals surface area contributed by atoms with E-state index in [9.17, 15) is 9.90 Å². The van der Waals surface area contributed by atoms with Gasteiger partial charge in [-0.3, -0.25) is 0 Å². The van der Waals surface area contributed by atoms with Gasteiger partial charge in [-0.1, -0.05) is 29.5 Å². The number of carbonyl (C=O) groups excluding carboxylic acids is 1. The molecule has 202 valence electrons. The molecule has 39 heavy (non-hydrogen) atoms. The van der Waals surface area contributed by atoms with Crippen LogP contribution in [0.5, 0.6) is 0 Å². The van der Waals surface area contributed by atoms with Crippen molar-refractivity contribution in [2.45, 2.75) is 65.0 Å². The number of ether oxygens (including phenoxy) is 2. The van der Waals surface area contributed by atoms with E-state index in [4.69, 9.17) is 9.47 Å². The maximum Gasteiger partial charge on any atom is 0.419 e. The number of aromatic nitrogens is 6. The summed E-state index contributed by atoms with van der Waals surface area (Å²) in [5.41, 5.74) is 4.17. The van der Waals surface area contributed by atoms with Crippen LogP contribution in [0.4, 0.5) is 4.79 Å². The number of rotatable bonds is 5. The van der Waals surface area contributed by atoms with Gasteiger partial charge in [-0.2, -0.15) is 5.10 Å². The first kappa shape index (κ1) is 25.3. The van der Waals surface area contributed by atoms with Crippen LogP contribution in [-0.2, 0) is 22.6 Å². The zero-order valence-electron chi connectivity index (χ0n) is 22.4. The molecule has 1 saturated heterocycles. The molecule has 10 heteroatoms. The molecule has 5 aromatic rings.